The third kappa shape index (κ3) is 4.02. The van der Waals surface area contributed by atoms with Gasteiger partial charge in [0.05, 0.1) is 0 Å². The minimum absolute atomic E-state index is 0.292. The Hall–Kier alpha value is -0.740. The Morgan fingerprint density at radius 3 is 2.81 bits per heavy atom. The Balaban J connectivity index is 2.50. The van der Waals surface area contributed by atoms with E-state index in [9.17, 15) is 4.39 Å². The van der Waals surface area contributed by atoms with Crippen LogP contribution in [0.5, 0.6) is 5.75 Å². The molecule has 2 N–H and O–H groups in total. The SMILES string of the molecule is CCC(CSC)NCc1ccc(O)c(F)c1. The molecule has 0 aliphatic rings. The number of thioether (sulfide) groups is 1. The van der Waals surface area contributed by atoms with Crippen molar-refractivity contribution in [3.8, 4) is 5.75 Å². The maximum Gasteiger partial charge on any atom is 0.165 e. The summed E-state index contributed by atoms with van der Waals surface area (Å²) < 4.78 is 13.1. The molecule has 1 aromatic rings. The largest absolute Gasteiger partial charge is 0.505 e. The van der Waals surface area contributed by atoms with Gasteiger partial charge in [0, 0.05) is 18.3 Å². The summed E-state index contributed by atoms with van der Waals surface area (Å²) in [6.07, 6.45) is 3.13. The fourth-order valence-electron chi connectivity index (χ4n) is 1.44. The number of aromatic hydroxyl groups is 1. The van der Waals surface area contributed by atoms with Gasteiger partial charge in [-0.05, 0) is 30.4 Å². The lowest BCUT2D eigenvalue weighted by atomic mass is 10.2. The molecule has 0 aliphatic carbocycles. The van der Waals surface area contributed by atoms with E-state index in [0.717, 1.165) is 17.7 Å². The molecule has 1 aromatic carbocycles. The van der Waals surface area contributed by atoms with E-state index in [0.29, 0.717) is 12.6 Å². The second-order valence-electron chi connectivity index (χ2n) is 3.73. The van der Waals surface area contributed by atoms with Gasteiger partial charge in [-0.1, -0.05) is 13.0 Å². The van der Waals surface area contributed by atoms with Crippen LogP contribution in [0.15, 0.2) is 18.2 Å². The maximum atomic E-state index is 13.1. The van der Waals surface area contributed by atoms with Crippen LogP contribution in [0, 0.1) is 5.82 Å². The minimum atomic E-state index is -0.558. The van der Waals surface area contributed by atoms with E-state index in [1.807, 2.05) is 0 Å². The zero-order valence-electron chi connectivity index (χ0n) is 9.66. The molecule has 0 fully saturated rings. The average molecular weight is 243 g/mol. The van der Waals surface area contributed by atoms with Gasteiger partial charge >= 0.3 is 0 Å². The highest BCUT2D eigenvalue weighted by molar-refractivity contribution is 7.98. The molecule has 0 radical (unpaired) electrons. The number of nitrogens with one attached hydrogen (secondary N) is 1. The van der Waals surface area contributed by atoms with Crippen molar-refractivity contribution < 1.29 is 9.50 Å². The molecule has 1 unspecified atom stereocenters. The van der Waals surface area contributed by atoms with Gasteiger partial charge in [-0.25, -0.2) is 4.39 Å². The lowest BCUT2D eigenvalue weighted by molar-refractivity contribution is 0.431. The van der Waals surface area contributed by atoms with Crippen LogP contribution in [0.2, 0.25) is 0 Å². The van der Waals surface area contributed by atoms with Crippen LogP contribution in [0.25, 0.3) is 0 Å². The molecule has 0 aliphatic heterocycles. The van der Waals surface area contributed by atoms with Crippen molar-refractivity contribution in [3.05, 3.63) is 29.6 Å². The molecule has 0 aromatic heterocycles. The molecule has 0 amide bonds. The van der Waals surface area contributed by atoms with Gasteiger partial charge in [-0.3, -0.25) is 0 Å². The number of phenols is 1. The Kier molecular flexibility index (Phi) is 5.63. The van der Waals surface area contributed by atoms with Gasteiger partial charge in [0.25, 0.3) is 0 Å². The summed E-state index contributed by atoms with van der Waals surface area (Å²) >= 11 is 1.80. The molecular formula is C12H18FNOS. The first-order chi connectivity index (χ1) is 7.67. The smallest absolute Gasteiger partial charge is 0.165 e. The molecule has 0 saturated carbocycles. The summed E-state index contributed by atoms with van der Waals surface area (Å²) in [7, 11) is 0. The second kappa shape index (κ2) is 6.76. The Bertz CT molecular complexity index is 333. The summed E-state index contributed by atoms with van der Waals surface area (Å²) in [5.74, 6) is 0.203. The lowest BCUT2D eigenvalue weighted by Gasteiger charge is -2.15. The quantitative estimate of drug-likeness (QED) is 0.806. The summed E-state index contributed by atoms with van der Waals surface area (Å²) in [5, 5.41) is 12.4. The standard InChI is InChI=1S/C12H18FNOS/c1-3-10(8-16-2)14-7-9-4-5-12(15)11(13)6-9/h4-6,10,14-15H,3,7-8H2,1-2H3. The molecule has 4 heteroatoms. The molecule has 0 bridgehead atoms. The van der Waals surface area contributed by atoms with Gasteiger partial charge in [0.1, 0.15) is 0 Å². The second-order valence-corrected chi connectivity index (χ2v) is 4.64. The molecule has 90 valence electrons. The summed E-state index contributed by atoms with van der Waals surface area (Å²) in [4.78, 5) is 0. The van der Waals surface area contributed by atoms with Gasteiger partial charge in [0.15, 0.2) is 11.6 Å². The van der Waals surface area contributed by atoms with E-state index in [1.54, 1.807) is 17.8 Å². The first-order valence-corrected chi connectivity index (χ1v) is 6.76. The Morgan fingerprint density at radius 1 is 1.50 bits per heavy atom. The van der Waals surface area contributed by atoms with E-state index in [-0.39, 0.29) is 5.75 Å². The minimum Gasteiger partial charge on any atom is -0.505 e. The van der Waals surface area contributed by atoms with E-state index in [2.05, 4.69) is 18.5 Å². The zero-order chi connectivity index (χ0) is 12.0. The molecule has 0 spiro atoms. The van der Waals surface area contributed by atoms with Gasteiger partial charge < -0.3 is 10.4 Å². The van der Waals surface area contributed by atoms with E-state index < -0.39 is 5.82 Å². The molecule has 1 atom stereocenters. The van der Waals surface area contributed by atoms with Crippen LogP contribution >= 0.6 is 11.8 Å². The molecule has 0 saturated heterocycles. The van der Waals surface area contributed by atoms with Crippen LogP contribution in [0.1, 0.15) is 18.9 Å². The number of hydrogen-bond acceptors (Lipinski definition) is 3. The maximum absolute atomic E-state index is 13.1. The molecule has 1 rings (SSSR count). The molecule has 0 heterocycles. The Labute approximate surface area is 100 Å². The van der Waals surface area contributed by atoms with Crippen LogP contribution in [0.4, 0.5) is 4.39 Å². The number of hydrogen-bond donors (Lipinski definition) is 2. The zero-order valence-corrected chi connectivity index (χ0v) is 10.5. The average Bonchev–Trinajstić information content (AvgIpc) is 2.28. The highest BCUT2D eigenvalue weighted by Crippen LogP contribution is 2.16. The van der Waals surface area contributed by atoms with Crippen molar-refractivity contribution in [2.24, 2.45) is 0 Å². The van der Waals surface area contributed by atoms with E-state index in [1.165, 1.54) is 12.1 Å². The first-order valence-electron chi connectivity index (χ1n) is 5.37. The normalized spacial score (nSPS) is 12.7. The molecule has 16 heavy (non-hydrogen) atoms. The van der Waals surface area contributed by atoms with Crippen molar-refractivity contribution in [1.29, 1.82) is 0 Å². The fourth-order valence-corrected chi connectivity index (χ4v) is 2.20. The predicted octanol–water partition coefficient (Wildman–Crippen LogP) is 2.76. The molecular weight excluding hydrogens is 225 g/mol. The van der Waals surface area contributed by atoms with Crippen molar-refractivity contribution in [2.75, 3.05) is 12.0 Å². The Morgan fingerprint density at radius 2 is 2.25 bits per heavy atom. The predicted molar refractivity (Wildman–Crippen MR) is 67.4 cm³/mol. The topological polar surface area (TPSA) is 32.3 Å². The third-order valence-corrected chi connectivity index (χ3v) is 3.20. The summed E-state index contributed by atoms with van der Waals surface area (Å²) in [5.41, 5.74) is 0.856. The fraction of sp³-hybridized carbons (Fsp3) is 0.500. The number of benzene rings is 1. The number of phenolic OH excluding ortho intramolecular Hbond substituents is 1. The van der Waals surface area contributed by atoms with Gasteiger partial charge in [-0.15, -0.1) is 0 Å². The van der Waals surface area contributed by atoms with Crippen molar-refractivity contribution in [2.45, 2.75) is 25.9 Å². The third-order valence-electron chi connectivity index (χ3n) is 2.47. The van der Waals surface area contributed by atoms with Crippen LogP contribution in [-0.4, -0.2) is 23.2 Å². The van der Waals surface area contributed by atoms with E-state index in [4.69, 9.17) is 5.11 Å². The highest BCUT2D eigenvalue weighted by atomic mass is 32.2. The molecule has 2 nitrogen and oxygen atoms in total. The van der Waals surface area contributed by atoms with Crippen LogP contribution in [-0.2, 0) is 6.54 Å². The van der Waals surface area contributed by atoms with E-state index >= 15 is 0 Å². The summed E-state index contributed by atoms with van der Waals surface area (Å²) in [6.45, 7) is 2.77. The van der Waals surface area contributed by atoms with Gasteiger partial charge in [0.2, 0.25) is 0 Å². The number of rotatable bonds is 6. The highest BCUT2D eigenvalue weighted by Gasteiger charge is 2.06. The lowest BCUT2D eigenvalue weighted by Crippen LogP contribution is -2.30. The van der Waals surface area contributed by atoms with Crippen LogP contribution in [0.3, 0.4) is 0 Å². The van der Waals surface area contributed by atoms with Crippen molar-refractivity contribution in [3.63, 3.8) is 0 Å². The van der Waals surface area contributed by atoms with Gasteiger partial charge in [-0.2, -0.15) is 11.8 Å². The van der Waals surface area contributed by atoms with Crippen LogP contribution < -0.4 is 5.32 Å². The number of halogens is 1. The van der Waals surface area contributed by atoms with Crippen molar-refractivity contribution >= 4 is 11.8 Å². The van der Waals surface area contributed by atoms with Crippen molar-refractivity contribution in [1.82, 2.24) is 5.32 Å². The summed E-state index contributed by atoms with van der Waals surface area (Å²) in [6, 6.07) is 4.94. The monoisotopic (exact) mass is 243 g/mol. The first kappa shape index (κ1) is 13.3.